The Kier molecular flexibility index (Phi) is 7.25. The van der Waals surface area contributed by atoms with Gasteiger partial charge in [-0.2, -0.15) is 11.8 Å². The molecule has 4 nitrogen and oxygen atoms in total. The van der Waals surface area contributed by atoms with Crippen molar-refractivity contribution in [2.75, 3.05) is 30.5 Å². The summed E-state index contributed by atoms with van der Waals surface area (Å²) in [6.45, 7) is 3.08. The lowest BCUT2D eigenvalue weighted by Gasteiger charge is -2.06. The third-order valence-corrected chi connectivity index (χ3v) is 3.05. The van der Waals surface area contributed by atoms with E-state index in [2.05, 4.69) is 16.6 Å². The highest BCUT2D eigenvalue weighted by Crippen LogP contribution is 2.07. The zero-order chi connectivity index (χ0) is 13.2. The van der Waals surface area contributed by atoms with Crippen molar-refractivity contribution < 1.29 is 9.53 Å². The molecule has 18 heavy (non-hydrogen) atoms. The molecular formula is C13H20N2O2S. The largest absolute Gasteiger partial charge is 0.462 e. The Bertz CT molecular complexity index is 355. The van der Waals surface area contributed by atoms with E-state index in [1.807, 2.05) is 11.8 Å². The first-order valence-electron chi connectivity index (χ1n) is 6.14. The minimum atomic E-state index is -0.323. The Morgan fingerprint density at radius 2 is 2.28 bits per heavy atom. The van der Waals surface area contributed by atoms with Crippen molar-refractivity contribution in [3.8, 4) is 0 Å². The van der Waals surface area contributed by atoms with Crippen LogP contribution in [-0.2, 0) is 4.74 Å². The fourth-order valence-corrected chi connectivity index (χ4v) is 1.91. The van der Waals surface area contributed by atoms with Gasteiger partial charge in [0.25, 0.3) is 0 Å². The lowest BCUT2D eigenvalue weighted by atomic mass is 10.3. The zero-order valence-electron chi connectivity index (χ0n) is 10.9. The molecule has 1 heterocycles. The molecule has 0 fully saturated rings. The van der Waals surface area contributed by atoms with Crippen molar-refractivity contribution in [2.45, 2.75) is 19.8 Å². The molecule has 1 N–H and O–H groups in total. The number of anilines is 1. The van der Waals surface area contributed by atoms with Gasteiger partial charge in [-0.15, -0.1) is 0 Å². The Balaban J connectivity index is 2.33. The molecule has 1 aromatic rings. The fourth-order valence-electron chi connectivity index (χ4n) is 1.42. The van der Waals surface area contributed by atoms with E-state index in [4.69, 9.17) is 4.74 Å². The number of ether oxygens (including phenoxy) is 1. The van der Waals surface area contributed by atoms with Crippen LogP contribution in [0.15, 0.2) is 18.3 Å². The third kappa shape index (κ3) is 5.40. The maximum Gasteiger partial charge on any atom is 0.339 e. The molecule has 0 saturated carbocycles. The third-order valence-electron chi connectivity index (χ3n) is 2.36. The molecule has 0 aliphatic heterocycles. The molecule has 5 heteroatoms. The zero-order valence-corrected chi connectivity index (χ0v) is 11.8. The molecule has 0 spiro atoms. The van der Waals surface area contributed by atoms with Crippen LogP contribution in [0.2, 0.25) is 0 Å². The maximum atomic E-state index is 11.4. The SMILES string of the molecule is CCOC(=O)c1ccc(NCCCCSC)nc1. The number of hydrogen-bond acceptors (Lipinski definition) is 5. The molecular weight excluding hydrogens is 248 g/mol. The molecule has 0 unspecified atom stereocenters. The Morgan fingerprint density at radius 3 is 2.89 bits per heavy atom. The highest BCUT2D eigenvalue weighted by Gasteiger charge is 2.05. The molecule has 0 bridgehead atoms. The van der Waals surface area contributed by atoms with Gasteiger partial charge in [0.1, 0.15) is 5.82 Å². The summed E-state index contributed by atoms with van der Waals surface area (Å²) in [4.78, 5) is 15.6. The number of nitrogens with zero attached hydrogens (tertiary/aromatic N) is 1. The first kappa shape index (κ1) is 14.8. The van der Waals surface area contributed by atoms with Gasteiger partial charge >= 0.3 is 5.97 Å². The van der Waals surface area contributed by atoms with E-state index < -0.39 is 0 Å². The van der Waals surface area contributed by atoms with Crippen LogP contribution in [0.3, 0.4) is 0 Å². The second kappa shape index (κ2) is 8.80. The van der Waals surface area contributed by atoms with Gasteiger partial charge in [-0.05, 0) is 43.9 Å². The number of unbranched alkanes of at least 4 members (excludes halogenated alkanes) is 1. The summed E-state index contributed by atoms with van der Waals surface area (Å²) in [7, 11) is 0. The number of hydrogen-bond donors (Lipinski definition) is 1. The predicted molar refractivity (Wildman–Crippen MR) is 76.3 cm³/mol. The van der Waals surface area contributed by atoms with Crippen LogP contribution in [0.25, 0.3) is 0 Å². The molecule has 1 rings (SSSR count). The second-order valence-electron chi connectivity index (χ2n) is 3.78. The average molecular weight is 268 g/mol. The lowest BCUT2D eigenvalue weighted by Crippen LogP contribution is -2.07. The lowest BCUT2D eigenvalue weighted by molar-refractivity contribution is 0.0526. The van der Waals surface area contributed by atoms with Crippen molar-refractivity contribution in [2.24, 2.45) is 0 Å². The van der Waals surface area contributed by atoms with Crippen LogP contribution in [0.1, 0.15) is 30.1 Å². The van der Waals surface area contributed by atoms with E-state index in [9.17, 15) is 4.79 Å². The number of rotatable bonds is 8. The summed E-state index contributed by atoms with van der Waals surface area (Å²) < 4.78 is 4.89. The van der Waals surface area contributed by atoms with E-state index in [0.29, 0.717) is 12.2 Å². The van der Waals surface area contributed by atoms with E-state index in [1.54, 1.807) is 25.3 Å². The minimum absolute atomic E-state index is 0.323. The molecule has 0 radical (unpaired) electrons. The van der Waals surface area contributed by atoms with Gasteiger partial charge in [-0.25, -0.2) is 9.78 Å². The summed E-state index contributed by atoms with van der Waals surface area (Å²) in [6.07, 6.45) is 5.99. The summed E-state index contributed by atoms with van der Waals surface area (Å²) in [5, 5.41) is 3.23. The topological polar surface area (TPSA) is 51.2 Å². The van der Waals surface area contributed by atoms with Crippen LogP contribution in [0.4, 0.5) is 5.82 Å². The molecule has 0 aliphatic rings. The quantitative estimate of drug-likeness (QED) is 0.580. The molecule has 0 atom stereocenters. The number of esters is 1. The number of pyridine rings is 1. The predicted octanol–water partition coefficient (Wildman–Crippen LogP) is 2.81. The van der Waals surface area contributed by atoms with Gasteiger partial charge in [0.15, 0.2) is 0 Å². The van der Waals surface area contributed by atoms with Gasteiger partial charge in [0.05, 0.1) is 12.2 Å². The first-order chi connectivity index (χ1) is 8.77. The fraction of sp³-hybridized carbons (Fsp3) is 0.538. The Hall–Kier alpha value is -1.23. The Morgan fingerprint density at radius 1 is 1.44 bits per heavy atom. The number of nitrogens with one attached hydrogen (secondary N) is 1. The van der Waals surface area contributed by atoms with Crippen molar-refractivity contribution in [3.05, 3.63) is 23.9 Å². The van der Waals surface area contributed by atoms with Crippen LogP contribution in [0.5, 0.6) is 0 Å². The number of aromatic nitrogens is 1. The van der Waals surface area contributed by atoms with Gasteiger partial charge in [-0.1, -0.05) is 0 Å². The average Bonchev–Trinajstić information content (AvgIpc) is 2.39. The first-order valence-corrected chi connectivity index (χ1v) is 7.53. The monoisotopic (exact) mass is 268 g/mol. The van der Waals surface area contributed by atoms with Crippen molar-refractivity contribution in [1.29, 1.82) is 0 Å². The summed E-state index contributed by atoms with van der Waals surface area (Å²) in [5.74, 6) is 1.67. The smallest absolute Gasteiger partial charge is 0.339 e. The number of thioether (sulfide) groups is 1. The standard InChI is InChI=1S/C13H20N2O2S/c1-3-17-13(16)11-6-7-12(15-10-11)14-8-4-5-9-18-2/h6-7,10H,3-5,8-9H2,1-2H3,(H,14,15). The van der Waals surface area contributed by atoms with Crippen molar-refractivity contribution >= 4 is 23.5 Å². The molecule has 1 aromatic heterocycles. The van der Waals surface area contributed by atoms with Gasteiger partial charge in [0, 0.05) is 12.7 Å². The van der Waals surface area contributed by atoms with E-state index in [1.165, 1.54) is 12.2 Å². The number of carbonyl (C=O) groups excluding carboxylic acids is 1. The van der Waals surface area contributed by atoms with Crippen LogP contribution < -0.4 is 5.32 Å². The summed E-state index contributed by atoms with van der Waals surface area (Å²) >= 11 is 1.86. The van der Waals surface area contributed by atoms with Crippen LogP contribution in [0, 0.1) is 0 Å². The van der Waals surface area contributed by atoms with E-state index >= 15 is 0 Å². The molecule has 100 valence electrons. The van der Waals surface area contributed by atoms with Crippen molar-refractivity contribution in [1.82, 2.24) is 4.98 Å². The van der Waals surface area contributed by atoms with E-state index in [-0.39, 0.29) is 5.97 Å². The Labute approximate surface area is 113 Å². The summed E-state index contributed by atoms with van der Waals surface area (Å²) in [6, 6.07) is 3.54. The summed E-state index contributed by atoms with van der Waals surface area (Å²) in [5.41, 5.74) is 0.491. The molecule has 0 saturated heterocycles. The van der Waals surface area contributed by atoms with Crippen molar-refractivity contribution in [3.63, 3.8) is 0 Å². The minimum Gasteiger partial charge on any atom is -0.462 e. The van der Waals surface area contributed by atoms with Crippen LogP contribution >= 0.6 is 11.8 Å². The molecule has 0 amide bonds. The number of carbonyl (C=O) groups is 1. The second-order valence-corrected chi connectivity index (χ2v) is 4.76. The molecule has 0 aliphatic carbocycles. The van der Waals surface area contributed by atoms with Gasteiger partial charge < -0.3 is 10.1 Å². The van der Waals surface area contributed by atoms with Gasteiger partial charge in [0.2, 0.25) is 0 Å². The normalized spacial score (nSPS) is 10.1. The van der Waals surface area contributed by atoms with E-state index in [0.717, 1.165) is 18.8 Å². The van der Waals surface area contributed by atoms with Gasteiger partial charge in [-0.3, -0.25) is 0 Å². The van der Waals surface area contributed by atoms with Crippen LogP contribution in [-0.4, -0.2) is 36.1 Å². The highest BCUT2D eigenvalue weighted by molar-refractivity contribution is 7.98. The molecule has 0 aromatic carbocycles. The maximum absolute atomic E-state index is 11.4. The highest BCUT2D eigenvalue weighted by atomic mass is 32.2.